The van der Waals surface area contributed by atoms with Crippen LogP contribution in [0.15, 0.2) is 30.3 Å². The smallest absolute Gasteiger partial charge is 0.129 e. The number of methoxy groups -OCH3 is 4. The zero-order valence-electron chi connectivity index (χ0n) is 14.2. The molecule has 2 aromatic carbocycles. The summed E-state index contributed by atoms with van der Waals surface area (Å²) in [7, 11) is 6.59. The summed E-state index contributed by atoms with van der Waals surface area (Å²) in [4.78, 5) is 0. The van der Waals surface area contributed by atoms with Crippen LogP contribution in [0.5, 0.6) is 23.0 Å². The summed E-state index contributed by atoms with van der Waals surface area (Å²) < 4.78 is 21.4. The van der Waals surface area contributed by atoms with E-state index in [4.69, 9.17) is 18.9 Å². The molecule has 0 atom stereocenters. The van der Waals surface area contributed by atoms with Crippen LogP contribution in [0.3, 0.4) is 0 Å². The Hall–Kier alpha value is -2.62. The van der Waals surface area contributed by atoms with Crippen LogP contribution in [0.4, 0.5) is 0 Å². The van der Waals surface area contributed by atoms with E-state index in [1.165, 1.54) is 0 Å². The molecule has 2 aromatic rings. The van der Waals surface area contributed by atoms with Crippen molar-refractivity contribution in [2.24, 2.45) is 0 Å². The number of ether oxygens (including phenoxy) is 4. The zero-order chi connectivity index (χ0) is 16.8. The molecule has 0 amide bonds. The van der Waals surface area contributed by atoms with Gasteiger partial charge in [-0.25, -0.2) is 0 Å². The van der Waals surface area contributed by atoms with Gasteiger partial charge in [-0.2, -0.15) is 0 Å². The maximum atomic E-state index is 5.40. The van der Waals surface area contributed by atoms with Gasteiger partial charge in [0.15, 0.2) is 0 Å². The van der Waals surface area contributed by atoms with Gasteiger partial charge in [-0.1, -0.05) is 12.2 Å². The highest BCUT2D eigenvalue weighted by Gasteiger charge is 2.07. The second-order valence-electron chi connectivity index (χ2n) is 4.99. The van der Waals surface area contributed by atoms with Crippen LogP contribution in [0, 0.1) is 6.92 Å². The molecule has 0 unspecified atom stereocenters. The molecule has 23 heavy (non-hydrogen) atoms. The van der Waals surface area contributed by atoms with Crippen LogP contribution in [-0.2, 0) is 0 Å². The lowest BCUT2D eigenvalue weighted by Gasteiger charge is -2.11. The molecule has 0 saturated carbocycles. The molecule has 0 spiro atoms. The SMILES string of the molecule is COc1ccc(/C=C/c2cc(OC)c(C)c(OC)c2)c(OC)c1. The Morgan fingerprint density at radius 3 is 1.83 bits per heavy atom. The second-order valence-corrected chi connectivity index (χ2v) is 4.99. The zero-order valence-corrected chi connectivity index (χ0v) is 14.2. The summed E-state index contributed by atoms with van der Waals surface area (Å²) in [5, 5.41) is 0. The molecule has 0 radical (unpaired) electrons. The number of rotatable bonds is 6. The lowest BCUT2D eigenvalue weighted by molar-refractivity contribution is 0.388. The van der Waals surface area contributed by atoms with Crippen LogP contribution in [0.1, 0.15) is 16.7 Å². The first kappa shape index (κ1) is 16.7. The predicted molar refractivity (Wildman–Crippen MR) is 92.8 cm³/mol. The maximum absolute atomic E-state index is 5.40. The average Bonchev–Trinajstić information content (AvgIpc) is 2.60. The van der Waals surface area contributed by atoms with Gasteiger partial charge in [-0.15, -0.1) is 0 Å². The minimum absolute atomic E-state index is 0.756. The molecule has 122 valence electrons. The highest BCUT2D eigenvalue weighted by molar-refractivity contribution is 5.74. The van der Waals surface area contributed by atoms with Crippen LogP contribution in [0.25, 0.3) is 12.2 Å². The fourth-order valence-corrected chi connectivity index (χ4v) is 2.34. The van der Waals surface area contributed by atoms with E-state index in [0.717, 1.165) is 39.7 Å². The fourth-order valence-electron chi connectivity index (χ4n) is 2.34. The fraction of sp³-hybridized carbons (Fsp3) is 0.263. The van der Waals surface area contributed by atoms with E-state index in [1.807, 2.05) is 49.4 Å². The summed E-state index contributed by atoms with van der Waals surface area (Å²) in [5.74, 6) is 3.11. The molecule has 0 bridgehead atoms. The molecule has 4 heteroatoms. The van der Waals surface area contributed by atoms with E-state index >= 15 is 0 Å². The van der Waals surface area contributed by atoms with Gasteiger partial charge in [0.25, 0.3) is 0 Å². The van der Waals surface area contributed by atoms with Crippen molar-refractivity contribution in [3.8, 4) is 23.0 Å². The monoisotopic (exact) mass is 314 g/mol. The third-order valence-corrected chi connectivity index (χ3v) is 3.67. The Bertz CT molecular complexity index is 680. The number of benzene rings is 2. The highest BCUT2D eigenvalue weighted by Crippen LogP contribution is 2.31. The van der Waals surface area contributed by atoms with E-state index < -0.39 is 0 Å². The van der Waals surface area contributed by atoms with Gasteiger partial charge in [-0.3, -0.25) is 0 Å². The first-order chi connectivity index (χ1) is 11.1. The molecule has 4 nitrogen and oxygen atoms in total. The lowest BCUT2D eigenvalue weighted by Crippen LogP contribution is -1.93. The second kappa shape index (κ2) is 7.58. The summed E-state index contributed by atoms with van der Waals surface area (Å²) in [5.41, 5.74) is 2.93. The summed E-state index contributed by atoms with van der Waals surface area (Å²) in [6, 6.07) is 9.67. The molecule has 0 N–H and O–H groups in total. The van der Waals surface area contributed by atoms with Crippen molar-refractivity contribution in [2.45, 2.75) is 6.92 Å². The molecule has 0 fully saturated rings. The van der Waals surface area contributed by atoms with Crippen LogP contribution in [0.2, 0.25) is 0 Å². The molecule has 0 saturated heterocycles. The van der Waals surface area contributed by atoms with Crippen molar-refractivity contribution in [2.75, 3.05) is 28.4 Å². The Morgan fingerprint density at radius 1 is 0.696 bits per heavy atom. The van der Waals surface area contributed by atoms with Gasteiger partial charge in [0.05, 0.1) is 28.4 Å². The topological polar surface area (TPSA) is 36.9 Å². The van der Waals surface area contributed by atoms with Gasteiger partial charge in [0, 0.05) is 17.2 Å². The molecular weight excluding hydrogens is 292 g/mol. The van der Waals surface area contributed by atoms with Crippen molar-refractivity contribution in [1.82, 2.24) is 0 Å². The van der Waals surface area contributed by atoms with Gasteiger partial charge in [0.1, 0.15) is 23.0 Å². The first-order valence-electron chi connectivity index (χ1n) is 7.25. The average molecular weight is 314 g/mol. The summed E-state index contributed by atoms with van der Waals surface area (Å²) in [6.45, 7) is 1.97. The van der Waals surface area contributed by atoms with E-state index in [2.05, 4.69) is 0 Å². The Kier molecular flexibility index (Phi) is 5.52. The molecule has 2 rings (SSSR count). The van der Waals surface area contributed by atoms with Gasteiger partial charge >= 0.3 is 0 Å². The van der Waals surface area contributed by atoms with E-state index in [0.29, 0.717) is 0 Å². The van der Waals surface area contributed by atoms with E-state index in [1.54, 1.807) is 28.4 Å². The minimum atomic E-state index is 0.756. The standard InChI is InChI=1S/C19H22O4/c1-13-17(21-3)10-14(11-18(13)22-4)6-7-15-8-9-16(20-2)12-19(15)23-5/h6-12H,1-5H3/b7-6+. The Balaban J connectivity index is 2.37. The van der Waals surface area contributed by atoms with Crippen LogP contribution in [-0.4, -0.2) is 28.4 Å². The Morgan fingerprint density at radius 2 is 1.30 bits per heavy atom. The van der Waals surface area contributed by atoms with Crippen molar-refractivity contribution < 1.29 is 18.9 Å². The first-order valence-corrected chi connectivity index (χ1v) is 7.25. The Labute approximate surface area is 137 Å². The molecule has 0 aliphatic rings. The summed E-state index contributed by atoms with van der Waals surface area (Å²) >= 11 is 0. The van der Waals surface area contributed by atoms with Crippen molar-refractivity contribution in [1.29, 1.82) is 0 Å². The quantitative estimate of drug-likeness (QED) is 0.749. The minimum Gasteiger partial charge on any atom is -0.497 e. The highest BCUT2D eigenvalue weighted by atomic mass is 16.5. The van der Waals surface area contributed by atoms with Gasteiger partial charge < -0.3 is 18.9 Å². The molecule has 0 aliphatic heterocycles. The molecule has 0 heterocycles. The summed E-state index contributed by atoms with van der Waals surface area (Å²) in [6.07, 6.45) is 3.98. The molecular formula is C19H22O4. The van der Waals surface area contributed by atoms with Crippen LogP contribution >= 0.6 is 0 Å². The largest absolute Gasteiger partial charge is 0.497 e. The van der Waals surface area contributed by atoms with Crippen molar-refractivity contribution in [3.63, 3.8) is 0 Å². The van der Waals surface area contributed by atoms with Crippen LogP contribution < -0.4 is 18.9 Å². The maximum Gasteiger partial charge on any atom is 0.129 e. The van der Waals surface area contributed by atoms with E-state index in [9.17, 15) is 0 Å². The van der Waals surface area contributed by atoms with E-state index in [-0.39, 0.29) is 0 Å². The van der Waals surface area contributed by atoms with Crippen molar-refractivity contribution in [3.05, 3.63) is 47.0 Å². The normalized spacial score (nSPS) is 10.7. The third-order valence-electron chi connectivity index (χ3n) is 3.67. The lowest BCUT2D eigenvalue weighted by atomic mass is 10.1. The number of hydrogen-bond donors (Lipinski definition) is 0. The van der Waals surface area contributed by atoms with Crippen molar-refractivity contribution >= 4 is 12.2 Å². The van der Waals surface area contributed by atoms with Gasteiger partial charge in [-0.05, 0) is 36.8 Å². The number of hydrogen-bond acceptors (Lipinski definition) is 4. The molecule has 0 aromatic heterocycles. The van der Waals surface area contributed by atoms with Gasteiger partial charge in [0.2, 0.25) is 0 Å². The predicted octanol–water partition coefficient (Wildman–Crippen LogP) is 4.20. The molecule has 0 aliphatic carbocycles. The third kappa shape index (κ3) is 3.77.